The normalized spacial score (nSPS) is 6.53. The molecule has 0 aromatic heterocycles. The fourth-order valence-electron chi connectivity index (χ4n) is 0.426. The molecule has 0 spiro atoms. The summed E-state index contributed by atoms with van der Waals surface area (Å²) in [7, 11) is 1.50. The van der Waals surface area contributed by atoms with Crippen LogP contribution in [0.25, 0.3) is 0 Å². The summed E-state index contributed by atoms with van der Waals surface area (Å²) in [4.78, 5) is 9.99. The summed E-state index contributed by atoms with van der Waals surface area (Å²) in [6.07, 6.45) is 8.36. The van der Waals surface area contributed by atoms with Gasteiger partial charge in [0.25, 0.3) is 0 Å². The van der Waals surface area contributed by atoms with Crippen molar-refractivity contribution in [3.05, 3.63) is 5.95 Å². The maximum absolute atomic E-state index is 9.99. The highest BCUT2D eigenvalue weighted by atomic mass is 16.7. The van der Waals surface area contributed by atoms with Gasteiger partial charge in [0.05, 0.1) is 13.2 Å². The zero-order chi connectivity index (χ0) is 26.1. The smallest absolute Gasteiger partial charge is 0.369 e. The Bertz CT molecular complexity index is 189. The predicted molar refractivity (Wildman–Crippen MR) is 143 cm³/mol. The molecule has 4 heteroatoms. The van der Waals surface area contributed by atoms with E-state index in [-0.39, 0.29) is 5.95 Å². The van der Waals surface area contributed by atoms with Crippen LogP contribution in [0.4, 0.5) is 0 Å². The van der Waals surface area contributed by atoms with Gasteiger partial charge in [-0.2, -0.15) is 0 Å². The molecule has 0 aliphatic heterocycles. The van der Waals surface area contributed by atoms with Crippen molar-refractivity contribution >= 4 is 5.94 Å². The average Bonchev–Trinajstić information content (AvgIpc) is 2.70. The van der Waals surface area contributed by atoms with Gasteiger partial charge in [-0.3, -0.25) is 0 Å². The van der Waals surface area contributed by atoms with Gasteiger partial charge in [0.15, 0.2) is 0 Å². The van der Waals surface area contributed by atoms with E-state index in [9.17, 15) is 4.79 Å². The Morgan fingerprint density at radius 3 is 0.933 bits per heavy atom. The summed E-state index contributed by atoms with van der Waals surface area (Å²) in [5.41, 5.74) is 4.50. The maximum Gasteiger partial charge on any atom is 0.369 e. The minimum Gasteiger partial charge on any atom is -0.457 e. The van der Waals surface area contributed by atoms with Crippen molar-refractivity contribution in [1.29, 1.82) is 0 Å². The summed E-state index contributed by atoms with van der Waals surface area (Å²) in [5.74, 6) is 1.52. The van der Waals surface area contributed by atoms with Crippen molar-refractivity contribution in [2.45, 2.75) is 142 Å². The minimum atomic E-state index is -0.0376. The molecule has 0 aromatic rings. The Kier molecular flexibility index (Phi) is 179. The number of carbonyl (C=O) groups excluding carboxylic acids is 1. The van der Waals surface area contributed by atoms with Crippen molar-refractivity contribution in [2.24, 2.45) is 5.73 Å². The van der Waals surface area contributed by atoms with Crippen molar-refractivity contribution < 1.29 is 14.3 Å². The van der Waals surface area contributed by atoms with Gasteiger partial charge in [-0.1, -0.05) is 129 Å². The number of hydrogen-bond donors (Lipinski definition) is 1. The molecule has 0 rings (SSSR count). The van der Waals surface area contributed by atoms with E-state index in [0.717, 1.165) is 6.42 Å². The molecule has 4 nitrogen and oxygen atoms in total. The van der Waals surface area contributed by atoms with Gasteiger partial charge < -0.3 is 15.2 Å². The molecule has 0 fully saturated rings. The quantitative estimate of drug-likeness (QED) is 0.342. The minimum absolute atomic E-state index is 0.0376. The van der Waals surface area contributed by atoms with Gasteiger partial charge >= 0.3 is 5.95 Å². The van der Waals surface area contributed by atoms with Crippen LogP contribution in [-0.2, 0) is 14.3 Å². The third-order valence-electron chi connectivity index (χ3n) is 0.796. The van der Waals surface area contributed by atoms with E-state index >= 15 is 0 Å². The van der Waals surface area contributed by atoms with Gasteiger partial charge in [0, 0.05) is 0 Å². The van der Waals surface area contributed by atoms with Gasteiger partial charge in [-0.05, 0) is 20.4 Å². The van der Waals surface area contributed by atoms with Crippen LogP contribution >= 0.6 is 0 Å². The molecule has 0 aliphatic carbocycles. The topological polar surface area (TPSA) is 61.5 Å². The lowest BCUT2D eigenvalue weighted by molar-refractivity contribution is 0.0460. The van der Waals surface area contributed by atoms with Crippen LogP contribution in [0.5, 0.6) is 0 Å². The lowest BCUT2D eigenvalue weighted by Crippen LogP contribution is -1.99. The van der Waals surface area contributed by atoms with Gasteiger partial charge in [-0.25, -0.2) is 4.79 Å². The number of ether oxygens (including phenoxy) is 2. The molecule has 0 saturated heterocycles. The lowest BCUT2D eigenvalue weighted by Gasteiger charge is -2.04. The molecule has 0 radical (unpaired) electrons. The van der Waals surface area contributed by atoms with Crippen LogP contribution < -0.4 is 5.73 Å². The zero-order valence-corrected chi connectivity index (χ0v) is 24.2. The molecular formula is C26H65NO3. The fourth-order valence-corrected chi connectivity index (χ4v) is 0.426. The molecule has 192 valence electrons. The van der Waals surface area contributed by atoms with Gasteiger partial charge in [0.2, 0.25) is 5.94 Å². The van der Waals surface area contributed by atoms with Crippen LogP contribution in [0, 0.1) is 0 Å². The molecule has 30 heavy (non-hydrogen) atoms. The Morgan fingerprint density at radius 1 is 0.567 bits per heavy atom. The first kappa shape index (κ1) is 51.6. The largest absolute Gasteiger partial charge is 0.457 e. The second kappa shape index (κ2) is 104. The van der Waals surface area contributed by atoms with E-state index in [4.69, 9.17) is 9.47 Å². The summed E-state index contributed by atoms with van der Waals surface area (Å²) >= 11 is 0. The zero-order valence-electron chi connectivity index (χ0n) is 24.2. The SMILES string of the molecule is CCC.CCC.CCC.CCC.CCC.CCC.CCCOC(=C=O)OCC.CN. The predicted octanol–water partition coefficient (Wildman–Crippen LogP) is 9.20. The third kappa shape index (κ3) is 285. The number of nitrogens with two attached hydrogens (primary N) is 1. The van der Waals surface area contributed by atoms with Crippen LogP contribution in [-0.4, -0.2) is 26.2 Å². The monoisotopic (exact) mass is 439 g/mol. The molecule has 2 N–H and O–H groups in total. The Hall–Kier alpha value is -0.990. The van der Waals surface area contributed by atoms with E-state index in [1.807, 2.05) is 6.92 Å². The second-order valence-corrected chi connectivity index (χ2v) is 5.91. The molecule has 0 aromatic carbocycles. The highest BCUT2D eigenvalue weighted by Gasteiger charge is 1.95. The Balaban J connectivity index is -0.0000000341. The fraction of sp³-hybridized carbons (Fsp3) is 0.923. The summed E-state index contributed by atoms with van der Waals surface area (Å²) in [5, 5.41) is 0. The van der Waals surface area contributed by atoms with E-state index < -0.39 is 0 Å². The Morgan fingerprint density at radius 2 is 0.800 bits per heavy atom. The molecule has 0 saturated carbocycles. The first-order chi connectivity index (χ1) is 14.3. The van der Waals surface area contributed by atoms with Gasteiger partial charge in [0.1, 0.15) is 0 Å². The van der Waals surface area contributed by atoms with Crippen LogP contribution in [0.3, 0.4) is 0 Å². The standard InChI is InChI=1S/C7H12O3.6C3H8.CH5N/c1-3-5-10-7(6-8)9-4-2;6*1-3-2;1-2/h3-5H2,1-2H3;6*3H2,1-2H3;2H2,1H3. The molecule has 0 aliphatic rings. The third-order valence-corrected chi connectivity index (χ3v) is 0.796. The van der Waals surface area contributed by atoms with Crippen molar-refractivity contribution in [3.8, 4) is 0 Å². The molecule has 0 heterocycles. The lowest BCUT2D eigenvalue weighted by atomic mass is 10.5. The van der Waals surface area contributed by atoms with Gasteiger partial charge in [-0.15, -0.1) is 0 Å². The van der Waals surface area contributed by atoms with E-state index in [1.165, 1.54) is 45.6 Å². The molecule has 0 unspecified atom stereocenters. The average molecular weight is 440 g/mol. The summed E-state index contributed by atoms with van der Waals surface area (Å²) < 4.78 is 9.62. The van der Waals surface area contributed by atoms with Crippen molar-refractivity contribution in [3.63, 3.8) is 0 Å². The maximum atomic E-state index is 9.99. The summed E-state index contributed by atoms with van der Waals surface area (Å²) in [6, 6.07) is 0. The number of hydrogen-bond acceptors (Lipinski definition) is 4. The van der Waals surface area contributed by atoms with Crippen LogP contribution in [0.2, 0.25) is 0 Å². The second-order valence-electron chi connectivity index (χ2n) is 5.91. The van der Waals surface area contributed by atoms with E-state index in [1.54, 1.807) is 12.9 Å². The van der Waals surface area contributed by atoms with E-state index in [0.29, 0.717) is 13.2 Å². The van der Waals surface area contributed by atoms with E-state index in [2.05, 4.69) is 88.8 Å². The first-order valence-electron chi connectivity index (χ1n) is 12.4. The highest BCUT2D eigenvalue weighted by molar-refractivity contribution is 5.46. The van der Waals surface area contributed by atoms with Crippen molar-refractivity contribution in [2.75, 3.05) is 20.3 Å². The first-order valence-corrected chi connectivity index (χ1v) is 12.4. The summed E-state index contributed by atoms with van der Waals surface area (Å²) in [6.45, 7) is 30.2. The Labute approximate surface area is 194 Å². The number of rotatable bonds is 5. The van der Waals surface area contributed by atoms with Crippen molar-refractivity contribution in [1.82, 2.24) is 0 Å². The van der Waals surface area contributed by atoms with Crippen LogP contribution in [0.15, 0.2) is 5.95 Å². The molecule has 0 amide bonds. The molecular weight excluding hydrogens is 374 g/mol. The highest BCUT2D eigenvalue weighted by Crippen LogP contribution is 1.94. The molecule has 0 bridgehead atoms. The van der Waals surface area contributed by atoms with Crippen LogP contribution in [0.1, 0.15) is 142 Å². The molecule has 0 atom stereocenters.